The van der Waals surface area contributed by atoms with Crippen LogP contribution in [0.5, 0.6) is 0 Å². The van der Waals surface area contributed by atoms with E-state index in [1.165, 1.54) is 12.8 Å². The van der Waals surface area contributed by atoms with Crippen LogP contribution in [0.25, 0.3) is 0 Å². The highest BCUT2D eigenvalue weighted by molar-refractivity contribution is 7.80. The van der Waals surface area contributed by atoms with Crippen LogP contribution in [0.4, 0.5) is 5.69 Å². The van der Waals surface area contributed by atoms with E-state index < -0.39 is 0 Å². The molecule has 0 saturated heterocycles. The molecule has 0 heterocycles. The molecule has 2 nitrogen and oxygen atoms in total. The lowest BCUT2D eigenvalue weighted by molar-refractivity contribution is 0.567. The maximum atomic E-state index is 5.53. The van der Waals surface area contributed by atoms with Crippen LogP contribution in [0.3, 0.4) is 0 Å². The second-order valence-electron chi connectivity index (χ2n) is 4.40. The minimum atomic E-state index is 0.450. The maximum absolute atomic E-state index is 5.53. The third-order valence-corrected chi connectivity index (χ3v) is 2.69. The molecule has 0 atom stereocenters. The van der Waals surface area contributed by atoms with Gasteiger partial charge in [0.05, 0.1) is 0 Å². The summed E-state index contributed by atoms with van der Waals surface area (Å²) in [6.07, 6.45) is 2.46. The number of anilines is 1. The zero-order valence-corrected chi connectivity index (χ0v) is 10.8. The molecule has 16 heavy (non-hydrogen) atoms. The first-order valence-electron chi connectivity index (χ1n) is 5.73. The molecule has 1 rings (SSSR count). The van der Waals surface area contributed by atoms with Gasteiger partial charge in [-0.1, -0.05) is 26.1 Å². The fraction of sp³-hybridized carbons (Fsp3) is 0.462. The fourth-order valence-electron chi connectivity index (χ4n) is 1.50. The summed E-state index contributed by atoms with van der Waals surface area (Å²) in [5.41, 5.74) is 7.58. The van der Waals surface area contributed by atoms with E-state index in [9.17, 15) is 0 Å². The van der Waals surface area contributed by atoms with Crippen molar-refractivity contribution in [1.29, 1.82) is 0 Å². The molecule has 0 unspecified atom stereocenters. The van der Waals surface area contributed by atoms with Gasteiger partial charge in [-0.2, -0.15) is 0 Å². The Kier molecular flexibility index (Phi) is 5.26. The number of nitrogens with one attached hydrogen (secondary N) is 1. The highest BCUT2D eigenvalue weighted by Crippen LogP contribution is 2.10. The molecule has 3 N–H and O–H groups in total. The molecular weight excluding hydrogens is 216 g/mol. The van der Waals surface area contributed by atoms with Crippen molar-refractivity contribution in [1.82, 2.24) is 0 Å². The monoisotopic (exact) mass is 236 g/mol. The van der Waals surface area contributed by atoms with Crippen LogP contribution in [-0.4, -0.2) is 11.5 Å². The van der Waals surface area contributed by atoms with Crippen molar-refractivity contribution in [3.63, 3.8) is 0 Å². The Morgan fingerprint density at radius 1 is 1.31 bits per heavy atom. The van der Waals surface area contributed by atoms with Gasteiger partial charge in [-0.05, 0) is 43.0 Å². The lowest BCUT2D eigenvalue weighted by Crippen LogP contribution is -2.09. The zero-order chi connectivity index (χ0) is 12.0. The molecule has 3 heteroatoms. The molecule has 0 spiro atoms. The Bertz CT molecular complexity index is 330. The van der Waals surface area contributed by atoms with Gasteiger partial charge in [0.15, 0.2) is 0 Å². The van der Waals surface area contributed by atoms with E-state index in [0.29, 0.717) is 4.99 Å². The first-order chi connectivity index (χ1) is 7.59. The molecule has 88 valence electrons. The molecule has 0 saturated carbocycles. The van der Waals surface area contributed by atoms with E-state index >= 15 is 0 Å². The van der Waals surface area contributed by atoms with E-state index in [1.807, 2.05) is 24.3 Å². The minimum Gasteiger partial charge on any atom is -0.389 e. The van der Waals surface area contributed by atoms with Crippen LogP contribution < -0.4 is 11.1 Å². The van der Waals surface area contributed by atoms with Gasteiger partial charge in [-0.3, -0.25) is 0 Å². The third kappa shape index (κ3) is 4.62. The van der Waals surface area contributed by atoms with E-state index in [1.54, 1.807) is 0 Å². The Morgan fingerprint density at radius 3 is 2.44 bits per heavy atom. The van der Waals surface area contributed by atoms with Crippen molar-refractivity contribution in [2.24, 2.45) is 11.7 Å². The van der Waals surface area contributed by atoms with Gasteiger partial charge >= 0.3 is 0 Å². The Labute approximate surface area is 103 Å². The molecule has 0 aliphatic rings. The molecule has 0 aliphatic carbocycles. The first kappa shape index (κ1) is 13.0. The number of hydrogen-bond donors (Lipinski definition) is 2. The summed E-state index contributed by atoms with van der Waals surface area (Å²) in [5, 5.41) is 3.38. The van der Waals surface area contributed by atoms with Gasteiger partial charge in [-0.15, -0.1) is 0 Å². The van der Waals surface area contributed by atoms with Gasteiger partial charge in [0.2, 0.25) is 0 Å². The summed E-state index contributed by atoms with van der Waals surface area (Å²) in [7, 11) is 0. The van der Waals surface area contributed by atoms with E-state index in [-0.39, 0.29) is 0 Å². The zero-order valence-electron chi connectivity index (χ0n) is 9.99. The van der Waals surface area contributed by atoms with Gasteiger partial charge in [0.1, 0.15) is 4.99 Å². The SMILES string of the molecule is CC(C)CCCNc1ccc(C(N)=S)cc1. The highest BCUT2D eigenvalue weighted by atomic mass is 32.1. The Balaban J connectivity index is 2.35. The van der Waals surface area contributed by atoms with Gasteiger partial charge in [-0.25, -0.2) is 0 Å². The molecule has 1 aromatic rings. The highest BCUT2D eigenvalue weighted by Gasteiger charge is 1.97. The number of hydrogen-bond acceptors (Lipinski definition) is 2. The molecule has 0 aromatic heterocycles. The first-order valence-corrected chi connectivity index (χ1v) is 6.14. The van der Waals surface area contributed by atoms with Crippen LogP contribution >= 0.6 is 12.2 Å². The van der Waals surface area contributed by atoms with Crippen LogP contribution in [0, 0.1) is 5.92 Å². The van der Waals surface area contributed by atoms with Gasteiger partial charge < -0.3 is 11.1 Å². The average molecular weight is 236 g/mol. The van der Waals surface area contributed by atoms with Crippen molar-refractivity contribution in [3.05, 3.63) is 29.8 Å². The molecule has 0 bridgehead atoms. The molecule has 0 aliphatic heterocycles. The van der Waals surface area contributed by atoms with Crippen molar-refractivity contribution >= 4 is 22.9 Å². The number of rotatable bonds is 6. The predicted octanol–water partition coefficient (Wildman–Crippen LogP) is 3.17. The summed E-state index contributed by atoms with van der Waals surface area (Å²) in [4.78, 5) is 0.450. The Morgan fingerprint density at radius 2 is 1.94 bits per heavy atom. The molecule has 0 amide bonds. The lowest BCUT2D eigenvalue weighted by Gasteiger charge is -2.08. The standard InChI is InChI=1S/C13H20N2S/c1-10(2)4-3-9-15-12-7-5-11(6-8-12)13(14)16/h5-8,10,15H,3-4,9H2,1-2H3,(H2,14,16). The minimum absolute atomic E-state index is 0.450. The van der Waals surface area contributed by atoms with Crippen LogP contribution in [0.1, 0.15) is 32.3 Å². The van der Waals surface area contributed by atoms with Crippen molar-refractivity contribution < 1.29 is 0 Å². The van der Waals surface area contributed by atoms with Crippen molar-refractivity contribution in [2.45, 2.75) is 26.7 Å². The molecule has 1 aromatic carbocycles. The fourth-order valence-corrected chi connectivity index (χ4v) is 1.63. The lowest BCUT2D eigenvalue weighted by atomic mass is 10.1. The Hall–Kier alpha value is -1.09. The summed E-state index contributed by atoms with van der Waals surface area (Å²) >= 11 is 4.90. The second kappa shape index (κ2) is 6.48. The number of thiocarbonyl (C=S) groups is 1. The van der Waals surface area contributed by atoms with Crippen molar-refractivity contribution in [2.75, 3.05) is 11.9 Å². The van der Waals surface area contributed by atoms with E-state index in [0.717, 1.165) is 23.7 Å². The van der Waals surface area contributed by atoms with Crippen LogP contribution in [0.15, 0.2) is 24.3 Å². The maximum Gasteiger partial charge on any atom is 0.103 e. The van der Waals surface area contributed by atoms with E-state index in [4.69, 9.17) is 18.0 Å². The average Bonchev–Trinajstić information content (AvgIpc) is 2.25. The topological polar surface area (TPSA) is 38.0 Å². The quantitative estimate of drug-likeness (QED) is 0.588. The number of nitrogens with two attached hydrogens (primary N) is 1. The predicted molar refractivity (Wildman–Crippen MR) is 74.9 cm³/mol. The van der Waals surface area contributed by atoms with Crippen LogP contribution in [0.2, 0.25) is 0 Å². The summed E-state index contributed by atoms with van der Waals surface area (Å²) in [6, 6.07) is 7.94. The molecule has 0 fully saturated rings. The third-order valence-electron chi connectivity index (χ3n) is 2.46. The number of benzene rings is 1. The smallest absolute Gasteiger partial charge is 0.103 e. The van der Waals surface area contributed by atoms with Crippen molar-refractivity contribution in [3.8, 4) is 0 Å². The summed E-state index contributed by atoms with van der Waals surface area (Å²) in [6.45, 7) is 5.51. The van der Waals surface area contributed by atoms with Gasteiger partial charge in [0.25, 0.3) is 0 Å². The second-order valence-corrected chi connectivity index (χ2v) is 4.84. The molecular formula is C13H20N2S. The van der Waals surface area contributed by atoms with Crippen LogP contribution in [-0.2, 0) is 0 Å². The summed E-state index contributed by atoms with van der Waals surface area (Å²) in [5.74, 6) is 0.777. The summed E-state index contributed by atoms with van der Waals surface area (Å²) < 4.78 is 0. The van der Waals surface area contributed by atoms with Gasteiger partial charge in [0, 0.05) is 17.8 Å². The molecule has 0 radical (unpaired) electrons. The normalized spacial score (nSPS) is 10.4. The van der Waals surface area contributed by atoms with E-state index in [2.05, 4.69) is 19.2 Å². The largest absolute Gasteiger partial charge is 0.389 e.